The number of nitrogens with zero attached hydrogens (tertiary/aromatic N) is 18. The number of nitriles is 1. The molecule has 12 aromatic rings. The molecule has 570 valence electrons. The number of amides is 1. The third kappa shape index (κ3) is 21.1. The third-order valence-corrected chi connectivity index (χ3v) is 17.8. The van der Waals surface area contributed by atoms with E-state index in [1.54, 1.807) is 82.2 Å². The van der Waals surface area contributed by atoms with Crippen molar-refractivity contribution in [1.29, 1.82) is 5.26 Å². The van der Waals surface area contributed by atoms with E-state index in [0.29, 0.717) is 65.0 Å². The van der Waals surface area contributed by atoms with E-state index < -0.39 is 5.97 Å². The van der Waals surface area contributed by atoms with E-state index in [-0.39, 0.29) is 5.91 Å². The molecule has 9 heterocycles. The lowest BCUT2D eigenvalue weighted by Gasteiger charge is -2.33. The van der Waals surface area contributed by atoms with E-state index in [0.717, 1.165) is 141 Å². The molecule has 0 saturated heterocycles. The highest BCUT2D eigenvalue weighted by atomic mass is 16.5. The van der Waals surface area contributed by atoms with Crippen LogP contribution < -0.4 is 34.0 Å². The Morgan fingerprint density at radius 3 is 1.50 bits per heavy atom. The van der Waals surface area contributed by atoms with Gasteiger partial charge in [-0.3, -0.25) is 9.69 Å². The van der Waals surface area contributed by atoms with E-state index >= 15 is 0 Å². The predicted molar refractivity (Wildman–Crippen MR) is 432 cm³/mol. The van der Waals surface area contributed by atoms with Gasteiger partial charge in [-0.25, -0.2) is 43.5 Å². The van der Waals surface area contributed by atoms with Gasteiger partial charge in [0, 0.05) is 65.1 Å². The van der Waals surface area contributed by atoms with Gasteiger partial charge in [-0.05, 0) is 170 Å². The van der Waals surface area contributed by atoms with E-state index in [1.807, 2.05) is 219 Å². The highest BCUT2D eigenvalue weighted by Crippen LogP contribution is 2.31. The summed E-state index contributed by atoms with van der Waals surface area (Å²) in [5, 5.41) is 37.9. The molecule has 0 radical (unpaired) electrons. The number of hydrogen-bond donors (Lipinski definition) is 6. The van der Waals surface area contributed by atoms with Gasteiger partial charge in [0.1, 0.15) is 41.0 Å². The standard InChI is InChI=1S/C19H26N2O3.C13H15N3O.C11H10N4.C11H13N3.C10H13N5.C10H12N4.C7H13N3/c1-4-6-7-10-13-21-17(14(3)19(23)24-5-2)20-16-12-9-8-11-15(16)18(21)22;1-10-11(2)15-16(13(10)14-9-17-3)12-7-5-4-6-8-12;1-8-10(7-12)14-15(11(8)13)9-5-3-2-4-6-9;1-8-9(2)13-14(11(8)12)10-6-4-3-5-7-10;1-3-8-7(2)9(11)15(14-8)10-12-5-4-6-13-10;1-7-8(2)13-14(10(7)11)9-5-3-4-6-12-9;1-4-10-7(8)5(2)6(3)9-10/h8-9,11-12,20H,4-7,10,13H2,1-3H3;4-9H,1-3H3;2-6H,13H2,1H3;3-7H,12H2,1-2H3;4-6H,3,11H2,1-2H3;3-6H,11H2,1-2H3;4,8H2,1-3H3/b17-14-;;;;;;. The summed E-state index contributed by atoms with van der Waals surface area (Å²) in [5.41, 5.74) is 45.2. The average Bonchev–Trinajstić information content (AvgIpc) is 1.70. The Morgan fingerprint density at radius 1 is 0.532 bits per heavy atom. The summed E-state index contributed by atoms with van der Waals surface area (Å²) in [6.45, 7) is 31.0. The van der Waals surface area contributed by atoms with Crippen LogP contribution in [0, 0.1) is 80.6 Å². The van der Waals surface area contributed by atoms with Crippen molar-refractivity contribution in [3.05, 3.63) is 243 Å². The van der Waals surface area contributed by atoms with Gasteiger partial charge in [0.2, 0.25) is 0 Å². The molecule has 0 aliphatic carbocycles. The summed E-state index contributed by atoms with van der Waals surface area (Å²) < 4.78 is 20.2. The third-order valence-electron chi connectivity index (χ3n) is 17.8. The predicted octanol–water partition coefficient (Wildman–Crippen LogP) is 14.1. The average molecular weight is 1480 g/mol. The highest BCUT2D eigenvalue weighted by molar-refractivity contribution is 6.04. The zero-order valence-corrected chi connectivity index (χ0v) is 65.3. The van der Waals surface area contributed by atoms with Crippen LogP contribution >= 0.6 is 0 Å². The molecule has 28 nitrogen and oxygen atoms in total. The van der Waals surface area contributed by atoms with Crippen molar-refractivity contribution in [2.45, 2.75) is 143 Å². The molecule has 4 aromatic carbocycles. The number of nitrogens with two attached hydrogens (primary N) is 5. The Morgan fingerprint density at radius 2 is 1.03 bits per heavy atom. The Labute approximate surface area is 637 Å². The van der Waals surface area contributed by atoms with Gasteiger partial charge in [0.25, 0.3) is 11.9 Å². The Hall–Kier alpha value is -13.2. The smallest absolute Gasteiger partial charge is 0.337 e. The fraction of sp³-hybridized carbons (Fsp3) is 0.296. The second-order valence-electron chi connectivity index (χ2n) is 25.1. The normalized spacial score (nSPS) is 11.6. The SMILES string of the molecule is CCCCCCN1C(=O)c2ccccc2N/C1=C(\C)C(=O)OCC.CCc1nn(-c2ncccn2)c(N)c1C.CCn1nc(C)c(C)c1N.COC=Nc1c(C)c(C)nn1-c1ccccc1.Cc1c(C#N)nn(-c2ccccc2)c1N.Cc1nn(-c2ccccc2)c(N)c1C.Cc1nn(-c2ccccn2)c(N)c1C. The highest BCUT2D eigenvalue weighted by Gasteiger charge is 2.31. The number of methoxy groups -OCH3 is 1. The summed E-state index contributed by atoms with van der Waals surface area (Å²) >= 11 is 0. The summed E-state index contributed by atoms with van der Waals surface area (Å²) in [6.07, 6.45) is 11.6. The molecule has 109 heavy (non-hydrogen) atoms. The fourth-order valence-corrected chi connectivity index (χ4v) is 10.8. The molecule has 0 bridgehead atoms. The minimum Gasteiger partial charge on any atom is -0.486 e. The first kappa shape index (κ1) is 83.1. The van der Waals surface area contributed by atoms with Crippen molar-refractivity contribution in [1.82, 2.24) is 78.5 Å². The van der Waals surface area contributed by atoms with E-state index in [2.05, 4.69) is 62.8 Å². The lowest BCUT2D eigenvalue weighted by molar-refractivity contribution is -0.138. The van der Waals surface area contributed by atoms with Gasteiger partial charge in [0.05, 0.1) is 76.1 Å². The van der Waals surface area contributed by atoms with Crippen molar-refractivity contribution in [3.63, 3.8) is 0 Å². The number of nitrogen functional groups attached to an aromatic ring is 5. The number of aromatic nitrogens is 15. The number of aryl methyl sites for hydroxylation is 6. The summed E-state index contributed by atoms with van der Waals surface area (Å²) in [4.78, 5) is 43.3. The molecule has 0 spiro atoms. The minimum absolute atomic E-state index is 0.0699. The Bertz CT molecular complexity index is 4940. The first-order valence-corrected chi connectivity index (χ1v) is 35.9. The number of unbranched alkanes of at least 4 members (excludes halogenated alkanes) is 3. The monoisotopic (exact) mass is 1470 g/mol. The van der Waals surface area contributed by atoms with E-state index in [1.165, 1.54) is 6.40 Å². The maximum Gasteiger partial charge on any atom is 0.337 e. The van der Waals surface area contributed by atoms with Gasteiger partial charge >= 0.3 is 5.97 Å². The van der Waals surface area contributed by atoms with E-state index in [4.69, 9.17) is 43.4 Å². The molecule has 0 unspecified atom stereocenters. The van der Waals surface area contributed by atoms with Crippen LogP contribution in [0.15, 0.2) is 175 Å². The van der Waals surface area contributed by atoms with Crippen LogP contribution in [-0.4, -0.2) is 117 Å². The zero-order valence-electron chi connectivity index (χ0n) is 65.3. The summed E-state index contributed by atoms with van der Waals surface area (Å²) in [6, 6.07) is 46.1. The number of pyridine rings is 1. The van der Waals surface area contributed by atoms with Crippen LogP contribution in [0.3, 0.4) is 0 Å². The number of aliphatic imine (C=N–C) groups is 1. The maximum absolute atomic E-state index is 12.9. The van der Waals surface area contributed by atoms with Crippen molar-refractivity contribution < 1.29 is 19.1 Å². The van der Waals surface area contributed by atoms with E-state index in [9.17, 15) is 9.59 Å². The second-order valence-corrected chi connectivity index (χ2v) is 25.1. The number of benzene rings is 4. The van der Waals surface area contributed by atoms with Gasteiger partial charge < -0.3 is 43.5 Å². The largest absolute Gasteiger partial charge is 0.486 e. The molecule has 13 rings (SSSR count). The van der Waals surface area contributed by atoms with Crippen LogP contribution in [0.25, 0.3) is 28.8 Å². The van der Waals surface area contributed by atoms with Crippen molar-refractivity contribution in [2.75, 3.05) is 54.2 Å². The molecular weight excluding hydrogens is 1370 g/mol. The molecule has 0 atom stereocenters. The topological polar surface area (TPSA) is 380 Å². The number of rotatable bonds is 16. The molecule has 8 aromatic heterocycles. The lowest BCUT2D eigenvalue weighted by Crippen LogP contribution is -2.40. The number of carbonyl (C=O) groups excluding carboxylic acids is 2. The summed E-state index contributed by atoms with van der Waals surface area (Å²) in [7, 11) is 1.58. The Kier molecular flexibility index (Phi) is 30.8. The van der Waals surface area contributed by atoms with Crippen LogP contribution in [0.5, 0.6) is 0 Å². The van der Waals surface area contributed by atoms with Crippen LogP contribution in [0.1, 0.15) is 138 Å². The molecule has 1 amide bonds. The molecule has 0 fully saturated rings. The number of anilines is 6. The van der Waals surface area contributed by atoms with Crippen LogP contribution in [0.2, 0.25) is 0 Å². The molecule has 1 aliphatic rings. The zero-order chi connectivity index (χ0) is 79.4. The molecule has 1 aliphatic heterocycles. The number of fused-ring (bicyclic) bond motifs is 1. The maximum atomic E-state index is 12.9. The first-order valence-electron chi connectivity index (χ1n) is 35.9. The lowest BCUT2D eigenvalue weighted by atomic mass is 10.1. The molecular formula is C81H102N24O4. The van der Waals surface area contributed by atoms with Gasteiger partial charge in [-0.1, -0.05) is 106 Å². The van der Waals surface area contributed by atoms with Gasteiger partial charge in [-0.2, -0.15) is 45.2 Å². The minimum atomic E-state index is -0.397. The molecule has 28 heteroatoms. The number of carbonyl (C=O) groups is 2. The van der Waals surface area contributed by atoms with Crippen molar-refractivity contribution in [2.24, 2.45) is 4.99 Å². The number of esters is 1. The Balaban J connectivity index is 0.000000179. The van der Waals surface area contributed by atoms with Crippen molar-refractivity contribution >= 4 is 58.9 Å². The molecule has 11 N–H and O–H groups in total. The van der Waals surface area contributed by atoms with Crippen LogP contribution in [0.4, 0.5) is 40.6 Å². The number of nitrogens with one attached hydrogen (secondary N) is 1. The first-order chi connectivity index (χ1) is 52.4. The van der Waals surface area contributed by atoms with Gasteiger partial charge in [-0.15, -0.1) is 0 Å². The second kappa shape index (κ2) is 40.3. The number of hydrogen-bond acceptors (Lipinski definition) is 21. The number of para-hydroxylation sites is 4. The summed E-state index contributed by atoms with van der Waals surface area (Å²) in [5.74, 6) is 5.42. The van der Waals surface area contributed by atoms with Gasteiger partial charge in [0.15, 0.2) is 23.7 Å². The van der Waals surface area contributed by atoms with Crippen molar-refractivity contribution in [3.8, 4) is 34.9 Å². The molecule has 0 saturated carbocycles. The number of ether oxygens (including phenoxy) is 2. The quantitative estimate of drug-likeness (QED) is 0.0172. The van der Waals surface area contributed by atoms with Crippen LogP contribution in [-0.2, 0) is 27.2 Å². The fourth-order valence-electron chi connectivity index (χ4n) is 10.8.